The van der Waals surface area contributed by atoms with E-state index in [0.29, 0.717) is 4.40 Å². The summed E-state index contributed by atoms with van der Waals surface area (Å²) in [4.78, 5) is 11.2. The summed E-state index contributed by atoms with van der Waals surface area (Å²) in [6.45, 7) is 0. The standard InChI is InChI=1S/C9H6F3N3O2/c1-17-7(16)5-2-3-6-13-14-8(9(10,11)12)15(6)4-5/h2-4H,1H3. The number of methoxy groups -OCH3 is 1. The minimum atomic E-state index is -4.63. The van der Waals surface area contributed by atoms with E-state index in [2.05, 4.69) is 14.9 Å². The molecule has 0 saturated carbocycles. The van der Waals surface area contributed by atoms with E-state index in [1.165, 1.54) is 12.1 Å². The first kappa shape index (κ1) is 11.4. The molecule has 2 aromatic rings. The van der Waals surface area contributed by atoms with Crippen LogP contribution < -0.4 is 0 Å². The van der Waals surface area contributed by atoms with Gasteiger partial charge in [0.25, 0.3) is 0 Å². The molecule has 2 rings (SSSR count). The van der Waals surface area contributed by atoms with Crippen LogP contribution in [0, 0.1) is 0 Å². The minimum Gasteiger partial charge on any atom is -0.465 e. The molecule has 0 saturated heterocycles. The highest BCUT2D eigenvalue weighted by atomic mass is 19.4. The first-order valence-electron chi connectivity index (χ1n) is 4.44. The Hall–Kier alpha value is -2.12. The van der Waals surface area contributed by atoms with Crippen LogP contribution in [0.25, 0.3) is 5.65 Å². The summed E-state index contributed by atoms with van der Waals surface area (Å²) >= 11 is 0. The molecule has 2 heterocycles. The Morgan fingerprint density at radius 1 is 1.35 bits per heavy atom. The van der Waals surface area contributed by atoms with Crippen molar-refractivity contribution >= 4 is 11.6 Å². The molecule has 0 aromatic carbocycles. The topological polar surface area (TPSA) is 56.5 Å². The van der Waals surface area contributed by atoms with Crippen LogP contribution in [0.5, 0.6) is 0 Å². The maximum atomic E-state index is 12.5. The Kier molecular flexibility index (Phi) is 2.49. The Bertz CT molecular complexity index is 576. The molecule has 0 aliphatic heterocycles. The summed E-state index contributed by atoms with van der Waals surface area (Å²) < 4.78 is 42.7. The molecule has 5 nitrogen and oxygen atoms in total. The molecule has 0 atom stereocenters. The molecular weight excluding hydrogens is 239 g/mol. The van der Waals surface area contributed by atoms with E-state index in [1.54, 1.807) is 0 Å². The fraction of sp³-hybridized carbons (Fsp3) is 0.222. The van der Waals surface area contributed by atoms with Crippen molar-refractivity contribution in [3.8, 4) is 0 Å². The normalized spacial score (nSPS) is 11.8. The number of esters is 1. The molecule has 8 heteroatoms. The first-order chi connectivity index (χ1) is 7.93. The van der Waals surface area contributed by atoms with Crippen molar-refractivity contribution in [2.45, 2.75) is 6.18 Å². The molecule has 0 N–H and O–H groups in total. The van der Waals surface area contributed by atoms with E-state index >= 15 is 0 Å². The molecule has 90 valence electrons. The van der Waals surface area contributed by atoms with Gasteiger partial charge in [0.15, 0.2) is 5.65 Å². The number of aromatic nitrogens is 3. The van der Waals surface area contributed by atoms with Crippen LogP contribution in [-0.4, -0.2) is 27.7 Å². The molecule has 0 spiro atoms. The van der Waals surface area contributed by atoms with Crippen LogP contribution in [0.4, 0.5) is 13.2 Å². The second kappa shape index (κ2) is 3.72. The quantitative estimate of drug-likeness (QED) is 0.715. The molecule has 0 bridgehead atoms. The number of carbonyl (C=O) groups is 1. The SMILES string of the molecule is COC(=O)c1ccc2nnc(C(F)(F)F)n2c1. The Balaban J connectivity index is 2.62. The van der Waals surface area contributed by atoms with E-state index < -0.39 is 18.0 Å². The van der Waals surface area contributed by atoms with Gasteiger partial charge in [0, 0.05) is 6.20 Å². The summed E-state index contributed by atoms with van der Waals surface area (Å²) in [5.41, 5.74) is -0.00437. The van der Waals surface area contributed by atoms with Crippen molar-refractivity contribution < 1.29 is 22.7 Å². The van der Waals surface area contributed by atoms with Gasteiger partial charge in [0.05, 0.1) is 12.7 Å². The third-order valence-electron chi connectivity index (χ3n) is 2.08. The summed E-state index contributed by atoms with van der Waals surface area (Å²) in [5.74, 6) is -1.91. The number of fused-ring (bicyclic) bond motifs is 1. The van der Waals surface area contributed by atoms with E-state index in [4.69, 9.17) is 0 Å². The second-order valence-electron chi connectivity index (χ2n) is 3.16. The summed E-state index contributed by atoms with van der Waals surface area (Å²) in [6.07, 6.45) is -3.64. The Morgan fingerprint density at radius 2 is 2.06 bits per heavy atom. The van der Waals surface area contributed by atoms with Crippen LogP contribution in [0.3, 0.4) is 0 Å². The van der Waals surface area contributed by atoms with Gasteiger partial charge in [-0.15, -0.1) is 10.2 Å². The summed E-state index contributed by atoms with van der Waals surface area (Å²) in [6, 6.07) is 2.57. The molecule has 0 aliphatic carbocycles. The van der Waals surface area contributed by atoms with E-state index in [0.717, 1.165) is 13.3 Å². The number of hydrogen-bond donors (Lipinski definition) is 0. The van der Waals surface area contributed by atoms with Gasteiger partial charge in [0.1, 0.15) is 0 Å². The minimum absolute atomic E-state index is 0.00461. The number of rotatable bonds is 1. The highest BCUT2D eigenvalue weighted by Gasteiger charge is 2.37. The zero-order chi connectivity index (χ0) is 12.6. The van der Waals surface area contributed by atoms with Crippen LogP contribution in [0.15, 0.2) is 18.3 Å². The maximum absolute atomic E-state index is 12.5. The highest BCUT2D eigenvalue weighted by molar-refractivity contribution is 5.89. The first-order valence-corrected chi connectivity index (χ1v) is 4.44. The highest BCUT2D eigenvalue weighted by Crippen LogP contribution is 2.27. The largest absolute Gasteiger partial charge is 0.465 e. The lowest BCUT2D eigenvalue weighted by Gasteiger charge is -2.04. The van der Waals surface area contributed by atoms with Gasteiger partial charge in [-0.25, -0.2) is 4.79 Å². The van der Waals surface area contributed by atoms with E-state index in [1.807, 2.05) is 0 Å². The van der Waals surface area contributed by atoms with Crippen molar-refractivity contribution in [3.63, 3.8) is 0 Å². The molecule has 0 amide bonds. The van der Waals surface area contributed by atoms with Crippen molar-refractivity contribution in [2.75, 3.05) is 7.11 Å². The lowest BCUT2D eigenvalue weighted by molar-refractivity contribution is -0.145. The number of nitrogens with zero attached hydrogens (tertiary/aromatic N) is 3. The second-order valence-corrected chi connectivity index (χ2v) is 3.16. The van der Waals surface area contributed by atoms with Crippen LogP contribution in [0.2, 0.25) is 0 Å². The zero-order valence-electron chi connectivity index (χ0n) is 8.52. The zero-order valence-corrected chi connectivity index (χ0v) is 8.52. The number of ether oxygens (including phenoxy) is 1. The van der Waals surface area contributed by atoms with E-state index in [-0.39, 0.29) is 11.2 Å². The molecule has 0 fully saturated rings. The molecular formula is C9H6F3N3O2. The predicted octanol–water partition coefficient (Wildman–Crippen LogP) is 1.53. The molecule has 2 aromatic heterocycles. The van der Waals surface area contributed by atoms with Gasteiger partial charge >= 0.3 is 12.1 Å². The van der Waals surface area contributed by atoms with Crippen molar-refractivity contribution in [1.29, 1.82) is 0 Å². The van der Waals surface area contributed by atoms with Crippen molar-refractivity contribution in [2.24, 2.45) is 0 Å². The van der Waals surface area contributed by atoms with Gasteiger partial charge in [-0.2, -0.15) is 13.2 Å². The van der Waals surface area contributed by atoms with E-state index in [9.17, 15) is 18.0 Å². The van der Waals surface area contributed by atoms with Crippen LogP contribution >= 0.6 is 0 Å². The summed E-state index contributed by atoms with van der Waals surface area (Å²) in [7, 11) is 1.14. The fourth-order valence-electron chi connectivity index (χ4n) is 1.32. The Labute approximate surface area is 92.8 Å². The fourth-order valence-corrected chi connectivity index (χ4v) is 1.32. The average Bonchev–Trinajstić information content (AvgIpc) is 2.70. The van der Waals surface area contributed by atoms with Gasteiger partial charge < -0.3 is 4.74 Å². The lowest BCUT2D eigenvalue weighted by Crippen LogP contribution is -2.12. The monoisotopic (exact) mass is 245 g/mol. The Morgan fingerprint density at radius 3 is 2.65 bits per heavy atom. The molecule has 17 heavy (non-hydrogen) atoms. The number of hydrogen-bond acceptors (Lipinski definition) is 4. The number of halogens is 3. The van der Waals surface area contributed by atoms with Gasteiger partial charge in [-0.1, -0.05) is 0 Å². The van der Waals surface area contributed by atoms with Crippen molar-refractivity contribution in [3.05, 3.63) is 29.7 Å². The average molecular weight is 245 g/mol. The molecule has 0 radical (unpaired) electrons. The maximum Gasteiger partial charge on any atom is 0.452 e. The van der Waals surface area contributed by atoms with Gasteiger partial charge in [-0.05, 0) is 12.1 Å². The van der Waals surface area contributed by atoms with Crippen molar-refractivity contribution in [1.82, 2.24) is 14.6 Å². The number of pyridine rings is 1. The van der Waals surface area contributed by atoms with Gasteiger partial charge in [-0.3, -0.25) is 4.40 Å². The smallest absolute Gasteiger partial charge is 0.452 e. The molecule has 0 aliphatic rings. The predicted molar refractivity (Wildman–Crippen MR) is 49.3 cm³/mol. The summed E-state index contributed by atoms with van der Waals surface area (Å²) in [5, 5.41) is 6.38. The third-order valence-corrected chi connectivity index (χ3v) is 2.08. The van der Waals surface area contributed by atoms with Crippen LogP contribution in [-0.2, 0) is 10.9 Å². The number of carbonyl (C=O) groups excluding carboxylic acids is 1. The van der Waals surface area contributed by atoms with Gasteiger partial charge in [0.2, 0.25) is 5.82 Å². The number of alkyl halides is 3. The lowest BCUT2D eigenvalue weighted by atomic mass is 10.3. The molecule has 0 unspecified atom stereocenters. The third kappa shape index (κ3) is 1.93. The van der Waals surface area contributed by atoms with Crippen LogP contribution in [0.1, 0.15) is 16.2 Å².